The number of carbonyl (C=O) groups excluding carboxylic acids is 2. The van der Waals surface area contributed by atoms with E-state index in [1.165, 1.54) is 0 Å². The maximum Gasteiger partial charge on any atom is 0.242 e. The average Bonchev–Trinajstić information content (AvgIpc) is 2.61. The second kappa shape index (κ2) is 11.2. The highest BCUT2D eigenvalue weighted by Crippen LogP contribution is 2.26. The van der Waals surface area contributed by atoms with Gasteiger partial charge in [0.1, 0.15) is 6.04 Å². The van der Waals surface area contributed by atoms with Crippen molar-refractivity contribution in [2.24, 2.45) is 5.41 Å². The molecule has 0 aliphatic carbocycles. The molecular weight excluding hydrogens is 350 g/mol. The molecule has 5 nitrogen and oxygen atoms in total. The van der Waals surface area contributed by atoms with E-state index in [0.29, 0.717) is 19.4 Å². The Balaban J connectivity index is 0.00000338. The average molecular weight is 382 g/mol. The van der Waals surface area contributed by atoms with Crippen molar-refractivity contribution < 1.29 is 9.59 Å². The Hall–Kier alpha value is -1.59. The first-order valence-electron chi connectivity index (χ1n) is 9.34. The van der Waals surface area contributed by atoms with E-state index in [2.05, 4.69) is 22.9 Å². The number of halogens is 1. The maximum absolute atomic E-state index is 12.6. The van der Waals surface area contributed by atoms with E-state index < -0.39 is 6.04 Å². The first kappa shape index (κ1) is 22.5. The Kier molecular flexibility index (Phi) is 9.66. The van der Waals surface area contributed by atoms with E-state index in [1.807, 2.05) is 37.3 Å². The molecule has 1 aliphatic heterocycles. The van der Waals surface area contributed by atoms with Crippen LogP contribution in [0.3, 0.4) is 0 Å². The van der Waals surface area contributed by atoms with Crippen LogP contribution in [0.25, 0.3) is 0 Å². The van der Waals surface area contributed by atoms with Crippen molar-refractivity contribution in [1.29, 1.82) is 0 Å². The molecule has 1 aliphatic rings. The van der Waals surface area contributed by atoms with E-state index in [9.17, 15) is 9.59 Å². The molecule has 26 heavy (non-hydrogen) atoms. The van der Waals surface area contributed by atoms with Gasteiger partial charge in [-0.1, -0.05) is 50.6 Å². The third-order valence-corrected chi connectivity index (χ3v) is 4.94. The highest BCUT2D eigenvalue weighted by atomic mass is 35.5. The predicted octanol–water partition coefficient (Wildman–Crippen LogP) is 2.44. The maximum atomic E-state index is 12.6. The number of hydrogen-bond acceptors (Lipinski definition) is 3. The largest absolute Gasteiger partial charge is 0.354 e. The predicted molar refractivity (Wildman–Crippen MR) is 107 cm³/mol. The number of amides is 2. The SMILES string of the molecule is CCCC(NC(=O)Cc1ccccc1)C(=O)NCC1(C)CCNCC1.Cl. The summed E-state index contributed by atoms with van der Waals surface area (Å²) in [4.78, 5) is 24.8. The first-order valence-corrected chi connectivity index (χ1v) is 9.34. The van der Waals surface area contributed by atoms with E-state index in [-0.39, 0.29) is 29.6 Å². The summed E-state index contributed by atoms with van der Waals surface area (Å²) in [5, 5.41) is 9.32. The number of piperidine rings is 1. The van der Waals surface area contributed by atoms with Crippen molar-refractivity contribution in [3.05, 3.63) is 35.9 Å². The Morgan fingerprint density at radius 2 is 1.85 bits per heavy atom. The van der Waals surface area contributed by atoms with Crippen molar-refractivity contribution >= 4 is 24.2 Å². The zero-order valence-electron chi connectivity index (χ0n) is 15.8. The number of benzene rings is 1. The molecule has 1 aromatic carbocycles. The van der Waals surface area contributed by atoms with Crippen molar-refractivity contribution in [3.63, 3.8) is 0 Å². The van der Waals surface area contributed by atoms with E-state index in [1.54, 1.807) is 0 Å². The molecule has 0 spiro atoms. The third-order valence-electron chi connectivity index (χ3n) is 4.94. The van der Waals surface area contributed by atoms with Gasteiger partial charge in [-0.05, 0) is 43.3 Å². The second-order valence-corrected chi connectivity index (χ2v) is 7.35. The lowest BCUT2D eigenvalue weighted by molar-refractivity contribution is -0.129. The van der Waals surface area contributed by atoms with Crippen molar-refractivity contribution in [2.75, 3.05) is 19.6 Å². The van der Waals surface area contributed by atoms with Gasteiger partial charge in [-0.15, -0.1) is 12.4 Å². The van der Waals surface area contributed by atoms with Crippen LogP contribution in [0, 0.1) is 5.41 Å². The van der Waals surface area contributed by atoms with Crippen LogP contribution in [-0.2, 0) is 16.0 Å². The molecule has 1 aromatic rings. The Morgan fingerprint density at radius 1 is 1.19 bits per heavy atom. The zero-order chi connectivity index (χ0) is 18.1. The van der Waals surface area contributed by atoms with Crippen molar-refractivity contribution in [2.45, 2.75) is 52.0 Å². The molecule has 1 unspecified atom stereocenters. The minimum Gasteiger partial charge on any atom is -0.354 e. The minimum absolute atomic E-state index is 0. The van der Waals surface area contributed by atoms with Crippen LogP contribution in [0.4, 0.5) is 0 Å². The molecule has 0 aromatic heterocycles. The molecule has 0 radical (unpaired) electrons. The van der Waals surface area contributed by atoms with Crippen LogP contribution in [0.5, 0.6) is 0 Å². The Morgan fingerprint density at radius 3 is 2.46 bits per heavy atom. The van der Waals surface area contributed by atoms with Gasteiger partial charge in [0.15, 0.2) is 0 Å². The number of carbonyl (C=O) groups is 2. The van der Waals surface area contributed by atoms with E-state index in [4.69, 9.17) is 0 Å². The van der Waals surface area contributed by atoms with Gasteiger partial charge >= 0.3 is 0 Å². The normalized spacial score (nSPS) is 16.8. The van der Waals surface area contributed by atoms with Gasteiger partial charge in [0.2, 0.25) is 11.8 Å². The number of hydrogen-bond donors (Lipinski definition) is 3. The van der Waals surface area contributed by atoms with Crippen LogP contribution in [-0.4, -0.2) is 37.5 Å². The van der Waals surface area contributed by atoms with Crippen LogP contribution in [0.1, 0.15) is 45.1 Å². The lowest BCUT2D eigenvalue weighted by atomic mass is 9.81. The van der Waals surface area contributed by atoms with E-state index >= 15 is 0 Å². The molecule has 2 rings (SSSR count). The zero-order valence-corrected chi connectivity index (χ0v) is 16.7. The summed E-state index contributed by atoms with van der Waals surface area (Å²) in [6.07, 6.45) is 3.94. The molecule has 1 fully saturated rings. The van der Waals surface area contributed by atoms with Crippen LogP contribution in [0.2, 0.25) is 0 Å². The van der Waals surface area contributed by atoms with Gasteiger partial charge in [0.25, 0.3) is 0 Å². The smallest absolute Gasteiger partial charge is 0.242 e. The van der Waals surface area contributed by atoms with Gasteiger partial charge in [0, 0.05) is 6.54 Å². The summed E-state index contributed by atoms with van der Waals surface area (Å²) >= 11 is 0. The van der Waals surface area contributed by atoms with Gasteiger partial charge in [-0.25, -0.2) is 0 Å². The first-order chi connectivity index (χ1) is 12.0. The summed E-state index contributed by atoms with van der Waals surface area (Å²) < 4.78 is 0. The van der Waals surface area contributed by atoms with Crippen molar-refractivity contribution in [3.8, 4) is 0 Å². The summed E-state index contributed by atoms with van der Waals surface area (Å²) in [7, 11) is 0. The van der Waals surface area contributed by atoms with Gasteiger partial charge < -0.3 is 16.0 Å². The molecule has 1 atom stereocenters. The fourth-order valence-electron chi connectivity index (χ4n) is 3.21. The van der Waals surface area contributed by atoms with E-state index in [0.717, 1.165) is 37.9 Å². The summed E-state index contributed by atoms with van der Waals surface area (Å²) in [6.45, 7) is 6.91. The number of nitrogens with one attached hydrogen (secondary N) is 3. The van der Waals surface area contributed by atoms with Crippen LogP contribution >= 0.6 is 12.4 Å². The minimum atomic E-state index is -0.452. The molecule has 3 N–H and O–H groups in total. The van der Waals surface area contributed by atoms with Gasteiger partial charge in [-0.2, -0.15) is 0 Å². The Labute approximate surface area is 163 Å². The standard InChI is InChI=1S/C20H31N3O2.ClH/c1-3-7-17(23-18(24)14-16-8-5-4-6-9-16)19(25)22-15-20(2)10-12-21-13-11-20;/h4-6,8-9,17,21H,3,7,10-15H2,1-2H3,(H,22,25)(H,23,24);1H. The number of rotatable bonds is 8. The quantitative estimate of drug-likeness (QED) is 0.647. The van der Waals surface area contributed by atoms with Crippen LogP contribution < -0.4 is 16.0 Å². The molecular formula is C20H32ClN3O2. The molecule has 6 heteroatoms. The summed E-state index contributed by atoms with van der Waals surface area (Å²) in [6, 6.07) is 9.15. The molecule has 1 saturated heterocycles. The Bertz CT molecular complexity index is 559. The van der Waals surface area contributed by atoms with Crippen LogP contribution in [0.15, 0.2) is 30.3 Å². The monoisotopic (exact) mass is 381 g/mol. The molecule has 146 valence electrons. The fourth-order valence-corrected chi connectivity index (χ4v) is 3.21. The highest BCUT2D eigenvalue weighted by Gasteiger charge is 2.28. The molecule has 1 heterocycles. The molecule has 2 amide bonds. The molecule has 0 saturated carbocycles. The topological polar surface area (TPSA) is 70.2 Å². The summed E-state index contributed by atoms with van der Waals surface area (Å²) in [5.41, 5.74) is 1.10. The third kappa shape index (κ3) is 7.34. The summed E-state index contributed by atoms with van der Waals surface area (Å²) in [5.74, 6) is -0.170. The van der Waals surface area contributed by atoms with Gasteiger partial charge in [-0.3, -0.25) is 9.59 Å². The van der Waals surface area contributed by atoms with Gasteiger partial charge in [0.05, 0.1) is 6.42 Å². The fraction of sp³-hybridized carbons (Fsp3) is 0.600. The molecule has 0 bridgehead atoms. The highest BCUT2D eigenvalue weighted by molar-refractivity contribution is 5.88. The lowest BCUT2D eigenvalue weighted by Gasteiger charge is -2.34. The second-order valence-electron chi connectivity index (χ2n) is 7.35. The van der Waals surface area contributed by atoms with Crippen molar-refractivity contribution in [1.82, 2.24) is 16.0 Å². The lowest BCUT2D eigenvalue weighted by Crippen LogP contribution is -2.50.